The number of amides is 2. The highest BCUT2D eigenvalue weighted by atomic mass is 16.6. The second-order valence-electron chi connectivity index (χ2n) is 20.1. The van der Waals surface area contributed by atoms with Gasteiger partial charge in [0.2, 0.25) is 0 Å². The van der Waals surface area contributed by atoms with Crippen molar-refractivity contribution in [3.05, 3.63) is 205 Å². The molecule has 3 N–H and O–H groups in total. The van der Waals surface area contributed by atoms with E-state index in [-0.39, 0.29) is 18.8 Å². The number of ether oxygens (including phenoxy) is 3. The average Bonchev–Trinajstić information content (AvgIpc) is 1.64. The largest absolute Gasteiger partial charge is 0.440 e. The first kappa shape index (κ1) is 69.5. The molecule has 93 heavy (non-hydrogen) atoms. The third kappa shape index (κ3) is 21.0. The summed E-state index contributed by atoms with van der Waals surface area (Å²) in [5.74, 6) is 55.5. The van der Waals surface area contributed by atoms with Crippen LogP contribution >= 0.6 is 0 Å². The van der Waals surface area contributed by atoms with E-state index < -0.39 is 59.4 Å². The number of ketones is 1. The van der Waals surface area contributed by atoms with Crippen molar-refractivity contribution < 1.29 is 43.9 Å². The lowest BCUT2D eigenvalue weighted by Crippen LogP contribution is -2.54. The predicted molar refractivity (Wildman–Crippen MR) is 353 cm³/mol. The molecule has 0 saturated carbocycles. The van der Waals surface area contributed by atoms with E-state index in [2.05, 4.69) is 156 Å². The van der Waals surface area contributed by atoms with Gasteiger partial charge in [-0.25, -0.2) is 29.6 Å². The zero-order chi connectivity index (χ0) is 66.6. The van der Waals surface area contributed by atoms with E-state index >= 15 is 0 Å². The molecule has 1 aliphatic heterocycles. The number of imide groups is 1. The van der Waals surface area contributed by atoms with Crippen LogP contribution < -0.4 is 0 Å². The van der Waals surface area contributed by atoms with Crippen LogP contribution in [-0.4, -0.2) is 81.3 Å². The summed E-state index contributed by atoms with van der Waals surface area (Å²) in [7, 11) is 0. The first-order chi connectivity index (χ1) is 45.2. The lowest BCUT2D eigenvalue weighted by molar-refractivity contribution is -0.175. The number of benzene rings is 5. The number of aliphatic hydroxyl groups excluding tert-OH is 3. The molecule has 14 nitrogen and oxygen atoms in total. The van der Waals surface area contributed by atoms with Crippen LogP contribution in [0, 0.1) is 143 Å². The first-order valence-electron chi connectivity index (χ1n) is 28.2. The molecule has 0 bridgehead atoms. The predicted octanol–water partition coefficient (Wildman–Crippen LogP) is 9.04. The maximum atomic E-state index is 14.3. The first-order valence-corrected chi connectivity index (χ1v) is 28.2. The maximum Gasteiger partial charge on any atom is 0.417 e. The van der Waals surface area contributed by atoms with Crippen molar-refractivity contribution in [3.8, 4) is 165 Å². The van der Waals surface area contributed by atoms with Crippen molar-refractivity contribution in [2.45, 2.75) is 82.9 Å². The molecule has 2 amide bonds. The number of hydrogen-bond acceptors (Lipinski definition) is 13. The van der Waals surface area contributed by atoms with Crippen LogP contribution in [0.1, 0.15) is 80.7 Å². The summed E-state index contributed by atoms with van der Waals surface area (Å²) in [5, 5.41) is 31.5. The normalized spacial score (nSPS) is 13.3. The second-order valence-corrected chi connectivity index (χ2v) is 20.1. The molecule has 0 unspecified atom stereocenters. The summed E-state index contributed by atoms with van der Waals surface area (Å²) < 4.78 is 17.7. The van der Waals surface area contributed by atoms with E-state index in [1.165, 1.54) is 51.3 Å². The van der Waals surface area contributed by atoms with Gasteiger partial charge in [-0.1, -0.05) is 145 Å². The number of hydrogen-bond donors (Lipinski definition) is 3. The van der Waals surface area contributed by atoms with Crippen LogP contribution in [0.3, 0.4) is 0 Å². The van der Waals surface area contributed by atoms with Crippen LogP contribution in [0.15, 0.2) is 177 Å². The summed E-state index contributed by atoms with van der Waals surface area (Å²) in [5.41, 5.74) is 2.75. The third-order valence-corrected chi connectivity index (χ3v) is 13.4. The monoisotopic (exact) mass is 1220 g/mol. The van der Waals surface area contributed by atoms with Crippen molar-refractivity contribution in [3.63, 3.8) is 0 Å². The molecule has 0 spiro atoms. The van der Waals surface area contributed by atoms with Crippen molar-refractivity contribution >= 4 is 17.8 Å². The Morgan fingerprint density at radius 2 is 0.860 bits per heavy atom. The van der Waals surface area contributed by atoms with Crippen LogP contribution in [0.2, 0.25) is 0 Å². The van der Waals surface area contributed by atoms with Gasteiger partial charge >= 0.3 is 6.09 Å². The number of terminal acetylenes is 1. The Balaban J connectivity index is 0.000000230. The molecule has 7 aromatic rings. The Labute approximate surface area is 543 Å². The number of nitrogens with zero attached hydrogens (tertiary/aromatic N) is 5. The fourth-order valence-corrected chi connectivity index (χ4v) is 8.64. The zero-order valence-electron chi connectivity index (χ0n) is 51.2. The minimum Gasteiger partial charge on any atom is -0.440 e. The van der Waals surface area contributed by atoms with Crippen LogP contribution in [-0.2, 0) is 37.0 Å². The van der Waals surface area contributed by atoms with E-state index in [0.717, 1.165) is 43.8 Å². The van der Waals surface area contributed by atoms with Crippen LogP contribution in [0.4, 0.5) is 4.79 Å². The highest BCUT2D eigenvalue weighted by Gasteiger charge is 2.57. The number of cyclic esters (lactones) is 1. The van der Waals surface area contributed by atoms with Crippen LogP contribution in [0.5, 0.6) is 0 Å². The highest BCUT2D eigenvalue weighted by molar-refractivity contribution is 5.99. The summed E-state index contributed by atoms with van der Waals surface area (Å²) in [6.07, 6.45) is 9.65. The number of aromatic nitrogens is 4. The van der Waals surface area contributed by atoms with Gasteiger partial charge in [-0.05, 0) is 168 Å². The van der Waals surface area contributed by atoms with Gasteiger partial charge in [0.05, 0.1) is 13.2 Å². The Morgan fingerprint density at radius 1 is 0.527 bits per heavy atom. The fourth-order valence-electron chi connectivity index (χ4n) is 8.64. The lowest BCUT2D eigenvalue weighted by atomic mass is 9.88. The smallest absolute Gasteiger partial charge is 0.417 e. The van der Waals surface area contributed by atoms with Crippen molar-refractivity contribution in [2.75, 3.05) is 6.61 Å². The molecule has 452 valence electrons. The van der Waals surface area contributed by atoms with E-state index in [4.69, 9.17) is 20.6 Å². The minimum absolute atomic E-state index is 0.00431. The lowest BCUT2D eigenvalue weighted by Gasteiger charge is -2.37. The summed E-state index contributed by atoms with van der Waals surface area (Å²) in [6, 6.07) is 43.9. The van der Waals surface area contributed by atoms with Crippen LogP contribution in [0.25, 0.3) is 22.3 Å². The van der Waals surface area contributed by atoms with Crippen molar-refractivity contribution in [2.24, 2.45) is 0 Å². The number of rotatable bonds is 16. The molecule has 1 aliphatic rings. The summed E-state index contributed by atoms with van der Waals surface area (Å²) in [4.78, 5) is 56.6. The van der Waals surface area contributed by atoms with E-state index in [9.17, 15) is 29.7 Å². The number of Topliss-reactive ketones (excluding diaryl/α,β-unsaturated/α-hetero) is 1. The standard InChI is InChI=1S/C32H31N3O5.C25H4.C22H22N2O4/c1-31(2)27(25-12-8-5-9-13-25)35(30(38)40-31)29(37)32(3,28(36)26-18-33-21-34-19-26)39-20-22-14-16-24(17-15-22)23-10-6-4-7-11-23;1-3-5-7-9-11-13-15-17-19-21-23-25-24-22-20-18-16-14-12-10-8-6-4-2;1-22(20(26)13-25,21(27)19-11-23-15-24-12-19)28-14-16-7-9-18(10-8-16)17-5-3-2-4-6-17/h4-19,21,27-28,36H,20H2,1-3H3;1H,2H3;2-12,15,21,25,27H,13-14H2,1H3/t27-,28-,32-;;21-,22+/m0.0/s1. The molecular formula is C79H57N5O9. The van der Waals surface area contributed by atoms with Crippen molar-refractivity contribution in [1.82, 2.24) is 24.8 Å². The zero-order valence-corrected chi connectivity index (χ0v) is 51.2. The van der Waals surface area contributed by atoms with E-state index in [1.807, 2.05) is 140 Å². The van der Waals surface area contributed by atoms with Gasteiger partial charge in [-0.15, -0.1) is 6.42 Å². The number of aliphatic hydroxyl groups is 3. The van der Waals surface area contributed by atoms with Gasteiger partial charge in [0.25, 0.3) is 5.91 Å². The molecule has 14 heteroatoms. The molecule has 1 saturated heterocycles. The van der Waals surface area contributed by atoms with Crippen molar-refractivity contribution in [1.29, 1.82) is 0 Å². The Morgan fingerprint density at radius 3 is 1.23 bits per heavy atom. The van der Waals surface area contributed by atoms with Gasteiger partial charge in [0.15, 0.2) is 17.0 Å². The van der Waals surface area contributed by atoms with Gasteiger partial charge < -0.3 is 29.5 Å². The summed E-state index contributed by atoms with van der Waals surface area (Å²) >= 11 is 0. The van der Waals surface area contributed by atoms with Gasteiger partial charge in [-0.2, -0.15) is 0 Å². The molecule has 0 radical (unpaired) electrons. The Bertz CT molecular complexity index is 4540. The fraction of sp³-hybridized carbons (Fsp3) is 0.177. The molecule has 5 aromatic carbocycles. The highest BCUT2D eigenvalue weighted by Crippen LogP contribution is 2.44. The molecule has 0 aliphatic carbocycles. The molecule has 5 atom stereocenters. The van der Waals surface area contributed by atoms with Gasteiger partial charge in [-0.3, -0.25) is 9.59 Å². The summed E-state index contributed by atoms with van der Waals surface area (Å²) in [6.45, 7) is 7.50. The third-order valence-electron chi connectivity index (χ3n) is 13.4. The minimum atomic E-state index is -1.88. The number of carbonyl (C=O) groups excluding carboxylic acids is 3. The molecule has 1 fully saturated rings. The SMILES string of the molecule is C#CC#CC#CC#CC#CC#CC#CC#CC#CC#CC#CC#CC.CC1(C)OC(=O)N(C(=O)[C@@](C)(OCc2ccc(-c3ccccc3)cc2)[C@@H](O)c2cncnc2)[C@H]1c1ccccc1.C[C@@](OCc1ccc(-c2ccccc2)cc1)(C(=O)CO)[C@@H](O)c1cncnc1. The van der Waals surface area contributed by atoms with Gasteiger partial charge in [0.1, 0.15) is 43.1 Å². The average molecular weight is 1220 g/mol. The maximum absolute atomic E-state index is 14.3. The molecule has 2 aromatic heterocycles. The second kappa shape index (κ2) is 36.6. The van der Waals surface area contributed by atoms with E-state index in [0.29, 0.717) is 5.56 Å². The quantitative estimate of drug-likeness (QED) is 0.0777. The molecule has 8 rings (SSSR count). The topological polar surface area (TPSA) is 194 Å². The molecule has 3 heterocycles. The Hall–Kier alpha value is -12.6. The van der Waals surface area contributed by atoms with Gasteiger partial charge in [0, 0.05) is 71.4 Å². The number of carbonyl (C=O) groups is 3. The van der Waals surface area contributed by atoms with E-state index in [1.54, 1.807) is 20.8 Å². The molecular weight excluding hydrogens is 1160 g/mol. The Kier molecular flexibility index (Phi) is 27.4.